The number of nitro groups is 1. The molecule has 162 valence electrons. The molecule has 1 fully saturated rings. The number of aliphatic imine (C=N–C) groups is 1. The van der Waals surface area contributed by atoms with Crippen molar-refractivity contribution in [2.75, 3.05) is 6.61 Å². The number of carbonyl (C=O) groups excluding carboxylic acids is 1. The van der Waals surface area contributed by atoms with E-state index in [1.165, 1.54) is 30.0 Å². The summed E-state index contributed by atoms with van der Waals surface area (Å²) in [5.74, 6) is 1.21. The normalized spacial score (nSPS) is 15.9. The minimum absolute atomic E-state index is 0.0958. The Kier molecular flexibility index (Phi) is 6.29. The molecule has 8 nitrogen and oxygen atoms in total. The van der Waals surface area contributed by atoms with Gasteiger partial charge in [0.1, 0.15) is 17.3 Å². The molecule has 32 heavy (non-hydrogen) atoms. The van der Waals surface area contributed by atoms with Crippen LogP contribution in [0.2, 0.25) is 5.02 Å². The quantitative estimate of drug-likeness (QED) is 0.278. The highest BCUT2D eigenvalue weighted by Crippen LogP contribution is 2.34. The average molecular weight is 470 g/mol. The van der Waals surface area contributed by atoms with Gasteiger partial charge >= 0.3 is 0 Å². The molecule has 0 aliphatic carbocycles. The van der Waals surface area contributed by atoms with Crippen molar-refractivity contribution in [2.45, 2.75) is 6.92 Å². The summed E-state index contributed by atoms with van der Waals surface area (Å²) in [6, 6.07) is 14.6. The van der Waals surface area contributed by atoms with Gasteiger partial charge < -0.3 is 14.5 Å². The van der Waals surface area contributed by atoms with Crippen LogP contribution >= 0.6 is 23.4 Å². The van der Waals surface area contributed by atoms with E-state index >= 15 is 0 Å². The van der Waals surface area contributed by atoms with E-state index in [4.69, 9.17) is 20.8 Å². The average Bonchev–Trinajstić information content (AvgIpc) is 3.36. The van der Waals surface area contributed by atoms with Crippen molar-refractivity contribution >= 4 is 51.9 Å². The molecule has 0 atom stereocenters. The van der Waals surface area contributed by atoms with Gasteiger partial charge in [-0.25, -0.2) is 4.99 Å². The predicted octanol–water partition coefficient (Wildman–Crippen LogP) is 5.80. The highest BCUT2D eigenvalue weighted by Gasteiger charge is 2.24. The Morgan fingerprint density at radius 3 is 2.72 bits per heavy atom. The van der Waals surface area contributed by atoms with Gasteiger partial charge in [0.2, 0.25) is 0 Å². The molecule has 1 aromatic heterocycles. The van der Waals surface area contributed by atoms with Crippen molar-refractivity contribution in [3.05, 3.63) is 80.4 Å². The van der Waals surface area contributed by atoms with Gasteiger partial charge in [-0.15, -0.1) is 0 Å². The Balaban J connectivity index is 1.53. The topological polar surface area (TPSA) is 107 Å². The number of halogens is 1. The van der Waals surface area contributed by atoms with Crippen LogP contribution in [0.25, 0.3) is 17.4 Å². The van der Waals surface area contributed by atoms with Crippen LogP contribution in [0.1, 0.15) is 12.7 Å². The number of benzene rings is 2. The van der Waals surface area contributed by atoms with Gasteiger partial charge in [-0.2, -0.15) is 0 Å². The maximum Gasteiger partial charge on any atom is 0.270 e. The van der Waals surface area contributed by atoms with Crippen molar-refractivity contribution in [2.24, 2.45) is 4.99 Å². The lowest BCUT2D eigenvalue weighted by Gasteiger charge is -2.02. The first-order valence-electron chi connectivity index (χ1n) is 9.49. The summed E-state index contributed by atoms with van der Waals surface area (Å²) >= 11 is 7.35. The first kappa shape index (κ1) is 21.7. The number of ether oxygens (including phenoxy) is 1. The van der Waals surface area contributed by atoms with E-state index in [0.29, 0.717) is 44.5 Å². The Hall–Kier alpha value is -3.56. The molecule has 1 amide bonds. The zero-order valence-corrected chi connectivity index (χ0v) is 18.3. The molecular formula is C22H16ClN3O5S. The third-order valence-corrected chi connectivity index (χ3v) is 5.60. The molecule has 1 saturated heterocycles. The van der Waals surface area contributed by atoms with Crippen LogP contribution in [0.15, 0.2) is 68.9 Å². The Labute approximate surface area is 192 Å². The van der Waals surface area contributed by atoms with Gasteiger partial charge in [0.15, 0.2) is 5.17 Å². The van der Waals surface area contributed by atoms with Crippen LogP contribution in [-0.4, -0.2) is 22.6 Å². The fourth-order valence-corrected chi connectivity index (χ4v) is 3.93. The molecule has 0 bridgehead atoms. The predicted molar refractivity (Wildman–Crippen MR) is 124 cm³/mol. The number of nitrogens with zero attached hydrogens (tertiary/aromatic N) is 2. The number of hydrogen-bond donors (Lipinski definition) is 1. The molecule has 0 radical (unpaired) electrons. The van der Waals surface area contributed by atoms with Gasteiger partial charge in [0.05, 0.1) is 27.1 Å². The minimum atomic E-state index is -0.504. The number of nitrogens with one attached hydrogen (secondary N) is 1. The van der Waals surface area contributed by atoms with Crippen LogP contribution in [0.4, 0.5) is 11.4 Å². The molecule has 4 rings (SSSR count). The fourth-order valence-electron chi connectivity index (χ4n) is 2.90. The first-order chi connectivity index (χ1) is 15.4. The molecule has 10 heteroatoms. The second kappa shape index (κ2) is 9.29. The molecule has 2 aromatic carbocycles. The summed E-state index contributed by atoms with van der Waals surface area (Å²) in [5, 5.41) is 14.5. The zero-order chi connectivity index (χ0) is 22.7. The maximum absolute atomic E-state index is 12.3. The summed E-state index contributed by atoms with van der Waals surface area (Å²) < 4.78 is 11.2. The summed E-state index contributed by atoms with van der Waals surface area (Å²) in [4.78, 5) is 27.7. The maximum atomic E-state index is 12.3. The van der Waals surface area contributed by atoms with E-state index in [0.717, 1.165) is 5.75 Å². The standard InChI is InChI=1S/C22H16ClN3O5S/c1-2-30-15-6-3-13(4-7-15)24-22-25-21(27)20(32-22)12-16-8-10-19(31-16)17-11-14(26(28)29)5-9-18(17)23/h3-12H,2H2,1H3,(H,24,25,27). The van der Waals surface area contributed by atoms with E-state index < -0.39 is 4.92 Å². The van der Waals surface area contributed by atoms with Gasteiger partial charge in [-0.05, 0) is 61.2 Å². The fraction of sp³-hybridized carbons (Fsp3) is 0.0909. The number of thioether (sulfide) groups is 1. The summed E-state index contributed by atoms with van der Waals surface area (Å²) in [5.41, 5.74) is 0.978. The number of amides is 1. The Morgan fingerprint density at radius 1 is 1.22 bits per heavy atom. The zero-order valence-electron chi connectivity index (χ0n) is 16.7. The van der Waals surface area contributed by atoms with Gasteiger partial charge in [0, 0.05) is 23.8 Å². The second-order valence-corrected chi connectivity index (χ2v) is 7.97. The largest absolute Gasteiger partial charge is 0.494 e. The number of amidine groups is 1. The molecule has 2 heterocycles. The monoisotopic (exact) mass is 469 g/mol. The Morgan fingerprint density at radius 2 is 2.00 bits per heavy atom. The van der Waals surface area contributed by atoms with E-state index in [-0.39, 0.29) is 11.6 Å². The van der Waals surface area contributed by atoms with Crippen molar-refractivity contribution in [3.63, 3.8) is 0 Å². The molecule has 1 aliphatic heterocycles. The molecule has 1 N–H and O–H groups in total. The lowest BCUT2D eigenvalue weighted by Crippen LogP contribution is -2.19. The summed E-state index contributed by atoms with van der Waals surface area (Å²) in [6.07, 6.45) is 1.58. The van der Waals surface area contributed by atoms with E-state index in [1.54, 1.807) is 30.3 Å². The van der Waals surface area contributed by atoms with E-state index in [9.17, 15) is 14.9 Å². The van der Waals surface area contributed by atoms with Gasteiger partial charge in [-0.3, -0.25) is 14.9 Å². The smallest absolute Gasteiger partial charge is 0.270 e. The SMILES string of the molecule is CCOc1ccc(N=C2NC(=O)C(=Cc3ccc(-c4cc([N+](=O)[O-])ccc4Cl)o3)S2)cc1. The van der Waals surface area contributed by atoms with Crippen molar-refractivity contribution in [1.82, 2.24) is 5.32 Å². The molecule has 0 spiro atoms. The highest BCUT2D eigenvalue weighted by molar-refractivity contribution is 8.18. The number of furan rings is 1. The highest BCUT2D eigenvalue weighted by atomic mass is 35.5. The van der Waals surface area contributed by atoms with E-state index in [2.05, 4.69) is 10.3 Å². The van der Waals surface area contributed by atoms with Crippen LogP contribution in [0.3, 0.4) is 0 Å². The summed E-state index contributed by atoms with van der Waals surface area (Å²) in [7, 11) is 0. The molecule has 1 aliphatic rings. The number of non-ortho nitro benzene ring substituents is 1. The molecule has 3 aromatic rings. The van der Waals surface area contributed by atoms with Crippen molar-refractivity contribution < 1.29 is 18.9 Å². The third kappa shape index (κ3) is 4.84. The number of hydrogen-bond acceptors (Lipinski definition) is 7. The Bertz CT molecular complexity index is 1250. The van der Waals surface area contributed by atoms with Crippen LogP contribution < -0.4 is 10.1 Å². The lowest BCUT2D eigenvalue weighted by atomic mass is 10.1. The lowest BCUT2D eigenvalue weighted by molar-refractivity contribution is -0.384. The molecule has 0 saturated carbocycles. The van der Waals surface area contributed by atoms with Crippen molar-refractivity contribution in [1.29, 1.82) is 0 Å². The molecule has 0 unspecified atom stereocenters. The number of carbonyl (C=O) groups is 1. The minimum Gasteiger partial charge on any atom is -0.494 e. The third-order valence-electron chi connectivity index (χ3n) is 4.36. The number of nitro benzene ring substituents is 1. The van der Waals surface area contributed by atoms with Crippen LogP contribution in [0.5, 0.6) is 5.75 Å². The number of rotatable bonds is 6. The van der Waals surface area contributed by atoms with Gasteiger partial charge in [0.25, 0.3) is 11.6 Å². The second-order valence-electron chi connectivity index (χ2n) is 6.53. The molecular weight excluding hydrogens is 454 g/mol. The summed E-state index contributed by atoms with van der Waals surface area (Å²) in [6.45, 7) is 2.49. The van der Waals surface area contributed by atoms with Crippen LogP contribution in [0, 0.1) is 10.1 Å². The van der Waals surface area contributed by atoms with Crippen molar-refractivity contribution in [3.8, 4) is 17.1 Å². The van der Waals surface area contributed by atoms with Gasteiger partial charge in [-0.1, -0.05) is 11.6 Å². The first-order valence-corrected chi connectivity index (χ1v) is 10.7. The van der Waals surface area contributed by atoms with Crippen LogP contribution in [-0.2, 0) is 4.79 Å². The van der Waals surface area contributed by atoms with E-state index in [1.807, 2.05) is 19.1 Å².